The van der Waals surface area contributed by atoms with Gasteiger partial charge in [0.15, 0.2) is 0 Å². The maximum atomic E-state index is 13.6. The van der Waals surface area contributed by atoms with Gasteiger partial charge in [-0.25, -0.2) is 14.8 Å². The van der Waals surface area contributed by atoms with Crippen molar-refractivity contribution >= 4 is 34.6 Å². The molecule has 2 aliphatic heterocycles. The highest BCUT2D eigenvalue weighted by Gasteiger charge is 2.27. The molecule has 11 nitrogen and oxygen atoms in total. The number of para-hydroxylation sites is 1. The number of nitrogens with one attached hydrogen (secondary N) is 1. The summed E-state index contributed by atoms with van der Waals surface area (Å²) in [6.07, 6.45) is 6.07. The minimum atomic E-state index is -0.924. The highest BCUT2D eigenvalue weighted by atomic mass is 16.4. The molecular formula is C35H45N7O4. The average molecular weight is 628 g/mol. The summed E-state index contributed by atoms with van der Waals surface area (Å²) < 4.78 is 0. The summed E-state index contributed by atoms with van der Waals surface area (Å²) in [4.78, 5) is 54.9. The molecule has 2 aromatic heterocycles. The number of pyridine rings is 2. The van der Waals surface area contributed by atoms with Crippen LogP contribution in [0.3, 0.4) is 0 Å². The lowest BCUT2D eigenvalue weighted by Gasteiger charge is -2.33. The summed E-state index contributed by atoms with van der Waals surface area (Å²) in [6, 6.07) is 13.7. The van der Waals surface area contributed by atoms with Gasteiger partial charge in [0.05, 0.1) is 16.8 Å². The zero-order valence-corrected chi connectivity index (χ0v) is 26.7. The fraction of sp³-hybridized carbons (Fsp3) is 0.514. The Balaban J connectivity index is 1.04. The molecule has 2 saturated heterocycles. The standard InChI is InChI=1S/C35H45N7O4/c1-39-15-17-40(18-16-39)32-13-12-27(23-36-32)31-21-29(28-5-2-3-6-30(28)38-31)34(44)37-22-25-8-10-26(11-9-25)24-42(35(45)46)20-19-41-14-4-7-33(41)43/h2-3,5-6,12-13,21,23,25-26H,4,7-11,14-20,22,24H2,1H3,(H,37,44)(H,45,46). The van der Waals surface area contributed by atoms with Gasteiger partial charge in [0.25, 0.3) is 5.91 Å². The van der Waals surface area contributed by atoms with Gasteiger partial charge in [-0.3, -0.25) is 9.59 Å². The van der Waals surface area contributed by atoms with E-state index in [0.29, 0.717) is 50.0 Å². The lowest BCUT2D eigenvalue weighted by Crippen LogP contribution is -2.44. The number of hydrogen-bond acceptors (Lipinski definition) is 7. The van der Waals surface area contributed by atoms with Gasteiger partial charge in [0, 0.05) is 82.5 Å². The van der Waals surface area contributed by atoms with Crippen molar-refractivity contribution in [2.24, 2.45) is 11.8 Å². The molecule has 3 amide bonds. The molecule has 1 aliphatic carbocycles. The van der Waals surface area contributed by atoms with E-state index in [1.807, 2.05) is 48.7 Å². The molecule has 0 spiro atoms. The maximum absolute atomic E-state index is 13.6. The molecule has 0 bridgehead atoms. The first-order valence-corrected chi connectivity index (χ1v) is 16.7. The number of carbonyl (C=O) groups excluding carboxylic acids is 2. The Morgan fingerprint density at radius 2 is 1.76 bits per heavy atom. The molecule has 4 heterocycles. The van der Waals surface area contributed by atoms with Crippen LogP contribution in [-0.4, -0.2) is 114 Å². The van der Waals surface area contributed by atoms with Crippen LogP contribution < -0.4 is 10.2 Å². The van der Waals surface area contributed by atoms with Crippen LogP contribution in [0.1, 0.15) is 48.9 Å². The van der Waals surface area contributed by atoms with Crippen LogP contribution in [0.15, 0.2) is 48.7 Å². The minimum absolute atomic E-state index is 0.113. The minimum Gasteiger partial charge on any atom is -0.465 e. The van der Waals surface area contributed by atoms with Gasteiger partial charge in [-0.1, -0.05) is 18.2 Å². The molecule has 3 aromatic rings. The van der Waals surface area contributed by atoms with Crippen LogP contribution in [-0.2, 0) is 4.79 Å². The Bertz CT molecular complexity index is 1530. The maximum Gasteiger partial charge on any atom is 0.407 e. The second-order valence-corrected chi connectivity index (χ2v) is 13.1. The van der Waals surface area contributed by atoms with E-state index >= 15 is 0 Å². The summed E-state index contributed by atoms with van der Waals surface area (Å²) in [7, 11) is 2.14. The van der Waals surface area contributed by atoms with Gasteiger partial charge in [-0.05, 0) is 75.3 Å². The number of carbonyl (C=O) groups is 3. The molecule has 3 fully saturated rings. The molecule has 0 atom stereocenters. The van der Waals surface area contributed by atoms with Gasteiger partial charge in [0.1, 0.15) is 5.82 Å². The second-order valence-electron chi connectivity index (χ2n) is 13.1. The quantitative estimate of drug-likeness (QED) is 0.343. The average Bonchev–Trinajstić information content (AvgIpc) is 3.50. The lowest BCUT2D eigenvalue weighted by atomic mass is 9.81. The first-order valence-electron chi connectivity index (χ1n) is 16.7. The number of piperazine rings is 1. The van der Waals surface area contributed by atoms with E-state index in [1.54, 1.807) is 4.90 Å². The zero-order valence-electron chi connectivity index (χ0n) is 26.7. The molecule has 0 radical (unpaired) electrons. The number of amides is 3. The number of aromatic nitrogens is 2. The van der Waals surface area contributed by atoms with Crippen molar-refractivity contribution in [3.63, 3.8) is 0 Å². The van der Waals surface area contributed by atoms with Gasteiger partial charge in [0.2, 0.25) is 5.91 Å². The second kappa shape index (κ2) is 14.5. The first-order chi connectivity index (χ1) is 22.3. The Morgan fingerprint density at radius 3 is 2.46 bits per heavy atom. The van der Waals surface area contributed by atoms with Gasteiger partial charge < -0.3 is 30.0 Å². The number of rotatable bonds is 10. The number of carboxylic acid groups (broad SMARTS) is 1. The molecule has 46 heavy (non-hydrogen) atoms. The van der Waals surface area contributed by atoms with E-state index in [1.165, 1.54) is 4.90 Å². The van der Waals surface area contributed by atoms with Crippen LogP contribution in [0.25, 0.3) is 22.2 Å². The number of nitrogens with zero attached hydrogens (tertiary/aromatic N) is 6. The van der Waals surface area contributed by atoms with E-state index < -0.39 is 6.09 Å². The van der Waals surface area contributed by atoms with Crippen molar-refractivity contribution in [3.05, 3.63) is 54.2 Å². The van der Waals surface area contributed by atoms with Crippen LogP contribution in [0, 0.1) is 11.8 Å². The van der Waals surface area contributed by atoms with Gasteiger partial charge in [-0.2, -0.15) is 0 Å². The van der Waals surface area contributed by atoms with Crippen molar-refractivity contribution in [2.45, 2.75) is 38.5 Å². The Morgan fingerprint density at radius 1 is 1.00 bits per heavy atom. The molecule has 3 aliphatic rings. The van der Waals surface area contributed by atoms with Crippen molar-refractivity contribution in [1.82, 2.24) is 30.0 Å². The fourth-order valence-corrected chi connectivity index (χ4v) is 6.98. The molecule has 0 unspecified atom stereocenters. The first kappa shape index (κ1) is 31.7. The molecule has 1 aromatic carbocycles. The normalized spacial score (nSPS) is 20.7. The Hall–Kier alpha value is -4.25. The molecule has 6 rings (SSSR count). The van der Waals surface area contributed by atoms with Crippen molar-refractivity contribution < 1.29 is 19.5 Å². The van der Waals surface area contributed by atoms with E-state index in [9.17, 15) is 19.5 Å². The molecule has 11 heteroatoms. The topological polar surface area (TPSA) is 122 Å². The van der Waals surface area contributed by atoms with E-state index in [-0.39, 0.29) is 11.8 Å². The van der Waals surface area contributed by atoms with Crippen molar-refractivity contribution in [2.75, 3.05) is 70.9 Å². The van der Waals surface area contributed by atoms with E-state index in [4.69, 9.17) is 9.97 Å². The van der Waals surface area contributed by atoms with Crippen molar-refractivity contribution in [3.8, 4) is 11.3 Å². The van der Waals surface area contributed by atoms with E-state index in [0.717, 1.165) is 92.8 Å². The summed E-state index contributed by atoms with van der Waals surface area (Å²) >= 11 is 0. The third-order valence-corrected chi connectivity index (χ3v) is 9.91. The predicted molar refractivity (Wildman–Crippen MR) is 178 cm³/mol. The SMILES string of the molecule is CN1CCN(c2ccc(-c3cc(C(=O)NCC4CCC(CN(CCN5CCCC5=O)C(=O)O)CC4)c4ccccc4n3)cn2)CC1. The van der Waals surface area contributed by atoms with Gasteiger partial charge >= 0.3 is 6.09 Å². The van der Waals surface area contributed by atoms with Crippen LogP contribution in [0.2, 0.25) is 0 Å². The molecule has 1 saturated carbocycles. The number of benzene rings is 1. The van der Waals surface area contributed by atoms with Crippen LogP contribution >= 0.6 is 0 Å². The number of hydrogen-bond donors (Lipinski definition) is 2. The number of fused-ring (bicyclic) bond motifs is 1. The molecule has 244 valence electrons. The van der Waals surface area contributed by atoms with Crippen LogP contribution in [0.5, 0.6) is 0 Å². The number of likely N-dealkylation sites (tertiary alicyclic amines) is 1. The predicted octanol–water partition coefficient (Wildman–Crippen LogP) is 4.19. The molecular weight excluding hydrogens is 582 g/mol. The third-order valence-electron chi connectivity index (χ3n) is 9.91. The summed E-state index contributed by atoms with van der Waals surface area (Å²) in [5.74, 6) is 1.60. The number of likely N-dealkylation sites (N-methyl/N-ethyl adjacent to an activating group) is 1. The Kier molecular flexibility index (Phi) is 9.97. The summed E-state index contributed by atoms with van der Waals surface area (Å²) in [5.41, 5.74) is 2.97. The van der Waals surface area contributed by atoms with Gasteiger partial charge in [-0.15, -0.1) is 0 Å². The third kappa shape index (κ3) is 7.58. The zero-order chi connectivity index (χ0) is 32.0. The summed E-state index contributed by atoms with van der Waals surface area (Å²) in [6.45, 7) is 6.56. The summed E-state index contributed by atoms with van der Waals surface area (Å²) in [5, 5.41) is 13.8. The highest BCUT2D eigenvalue weighted by molar-refractivity contribution is 6.07. The smallest absolute Gasteiger partial charge is 0.407 e. The fourth-order valence-electron chi connectivity index (χ4n) is 6.98. The van der Waals surface area contributed by atoms with Crippen LogP contribution in [0.4, 0.5) is 10.6 Å². The molecule has 2 N–H and O–H groups in total. The Labute approximate surface area is 270 Å². The number of anilines is 1. The largest absolute Gasteiger partial charge is 0.465 e. The monoisotopic (exact) mass is 627 g/mol. The lowest BCUT2D eigenvalue weighted by molar-refractivity contribution is -0.127. The van der Waals surface area contributed by atoms with Crippen molar-refractivity contribution in [1.29, 1.82) is 0 Å². The highest BCUT2D eigenvalue weighted by Crippen LogP contribution is 2.30. The van der Waals surface area contributed by atoms with E-state index in [2.05, 4.69) is 22.2 Å².